The number of methoxy groups -OCH3 is 1. The first kappa shape index (κ1) is 18.6. The molecule has 0 fully saturated rings. The molecule has 126 valence electrons. The monoisotopic (exact) mass is 322 g/mol. The third kappa shape index (κ3) is 5.37. The molecule has 0 saturated carbocycles. The molecule has 0 heterocycles. The first-order valence-corrected chi connectivity index (χ1v) is 7.28. The Kier molecular flexibility index (Phi) is 7.21. The minimum Gasteiger partial charge on any atom is -0.480 e. The lowest BCUT2D eigenvalue weighted by atomic mass is 10.1. The molecule has 1 aromatic rings. The molecule has 0 saturated heterocycles. The predicted octanol–water partition coefficient (Wildman–Crippen LogP) is 0.998. The van der Waals surface area contributed by atoms with E-state index in [1.54, 1.807) is 19.2 Å². The van der Waals surface area contributed by atoms with Crippen molar-refractivity contribution in [3.05, 3.63) is 35.4 Å². The van der Waals surface area contributed by atoms with Crippen LogP contribution in [-0.2, 0) is 9.53 Å². The van der Waals surface area contributed by atoms with E-state index in [1.165, 1.54) is 24.1 Å². The molecule has 0 radical (unpaired) electrons. The number of carboxylic acids is 1. The summed E-state index contributed by atoms with van der Waals surface area (Å²) in [5.74, 6) is -1.87. The van der Waals surface area contributed by atoms with Crippen LogP contribution in [0.3, 0.4) is 0 Å². The topological polar surface area (TPSA) is 95.9 Å². The number of nitrogens with one attached hydrogen (secondary N) is 1. The van der Waals surface area contributed by atoms with E-state index < -0.39 is 17.9 Å². The molecule has 1 aromatic carbocycles. The highest BCUT2D eigenvalue weighted by molar-refractivity contribution is 6.00. The van der Waals surface area contributed by atoms with Crippen LogP contribution in [0, 0.1) is 0 Å². The van der Waals surface area contributed by atoms with Gasteiger partial charge in [-0.25, -0.2) is 4.79 Å². The van der Waals surface area contributed by atoms with Gasteiger partial charge in [-0.1, -0.05) is 6.07 Å². The fourth-order valence-electron chi connectivity index (χ4n) is 1.89. The lowest BCUT2D eigenvalue weighted by Gasteiger charge is -2.16. The molecular formula is C16H22N2O5. The van der Waals surface area contributed by atoms with E-state index in [0.29, 0.717) is 12.1 Å². The largest absolute Gasteiger partial charge is 0.480 e. The molecule has 0 aromatic heterocycles. The van der Waals surface area contributed by atoms with Crippen molar-refractivity contribution in [2.24, 2.45) is 0 Å². The highest BCUT2D eigenvalue weighted by Gasteiger charge is 2.21. The predicted molar refractivity (Wildman–Crippen MR) is 84.5 cm³/mol. The minimum atomic E-state index is -1.13. The average Bonchev–Trinajstić information content (AvgIpc) is 2.56. The second-order valence-electron chi connectivity index (χ2n) is 5.05. The Bertz CT molecular complexity index is 573. The maximum absolute atomic E-state index is 12.2. The number of carbonyl (C=O) groups excluding carboxylic acids is 2. The summed E-state index contributed by atoms with van der Waals surface area (Å²) in [5, 5.41) is 11.5. The van der Waals surface area contributed by atoms with Gasteiger partial charge in [0.1, 0.15) is 6.04 Å². The number of benzene rings is 1. The van der Waals surface area contributed by atoms with E-state index in [0.717, 1.165) is 0 Å². The number of carbonyl (C=O) groups is 3. The van der Waals surface area contributed by atoms with Crippen molar-refractivity contribution in [1.82, 2.24) is 10.2 Å². The van der Waals surface area contributed by atoms with Crippen LogP contribution in [0.4, 0.5) is 0 Å². The summed E-state index contributed by atoms with van der Waals surface area (Å²) in [6.07, 6.45) is 0.161. The molecule has 7 heteroatoms. The number of nitrogens with zero attached hydrogens (tertiary/aromatic N) is 1. The van der Waals surface area contributed by atoms with Crippen molar-refractivity contribution < 1.29 is 24.2 Å². The summed E-state index contributed by atoms with van der Waals surface area (Å²) in [4.78, 5) is 37.0. The molecule has 1 unspecified atom stereocenters. The van der Waals surface area contributed by atoms with Gasteiger partial charge in [-0.05, 0) is 25.1 Å². The zero-order valence-electron chi connectivity index (χ0n) is 13.5. The molecule has 0 bridgehead atoms. The van der Waals surface area contributed by atoms with E-state index in [4.69, 9.17) is 9.84 Å². The fraction of sp³-hybridized carbons (Fsp3) is 0.438. The van der Waals surface area contributed by atoms with Gasteiger partial charge in [-0.2, -0.15) is 0 Å². The zero-order valence-corrected chi connectivity index (χ0v) is 13.5. The van der Waals surface area contributed by atoms with Gasteiger partial charge in [0.05, 0.1) is 0 Å². The number of hydrogen-bond donors (Lipinski definition) is 2. The number of rotatable bonds is 8. The maximum atomic E-state index is 12.2. The maximum Gasteiger partial charge on any atom is 0.326 e. The summed E-state index contributed by atoms with van der Waals surface area (Å²) in [6.45, 7) is 2.62. The van der Waals surface area contributed by atoms with Gasteiger partial charge in [0, 0.05) is 44.9 Å². The molecule has 0 aliphatic carbocycles. The van der Waals surface area contributed by atoms with Gasteiger partial charge in [-0.3, -0.25) is 9.59 Å². The van der Waals surface area contributed by atoms with Gasteiger partial charge >= 0.3 is 5.97 Å². The summed E-state index contributed by atoms with van der Waals surface area (Å²) in [6, 6.07) is 5.16. The van der Waals surface area contributed by atoms with E-state index in [9.17, 15) is 14.4 Å². The number of aliphatic carboxylic acids is 1. The first-order valence-electron chi connectivity index (χ1n) is 7.28. The first-order chi connectivity index (χ1) is 10.9. The van der Waals surface area contributed by atoms with Gasteiger partial charge in [-0.15, -0.1) is 0 Å². The molecule has 0 aliphatic rings. The van der Waals surface area contributed by atoms with Crippen molar-refractivity contribution in [3.8, 4) is 0 Å². The average molecular weight is 322 g/mol. The Morgan fingerprint density at radius 1 is 1.30 bits per heavy atom. The molecule has 23 heavy (non-hydrogen) atoms. The molecule has 0 aliphatic heterocycles. The van der Waals surface area contributed by atoms with Crippen LogP contribution >= 0.6 is 0 Å². The highest BCUT2D eigenvalue weighted by atomic mass is 16.5. The second-order valence-corrected chi connectivity index (χ2v) is 5.05. The van der Waals surface area contributed by atoms with Crippen LogP contribution in [-0.4, -0.2) is 61.1 Å². The normalized spacial score (nSPS) is 11.6. The molecule has 0 spiro atoms. The van der Waals surface area contributed by atoms with Crippen LogP contribution in [0.25, 0.3) is 0 Å². The zero-order chi connectivity index (χ0) is 17.4. The van der Waals surface area contributed by atoms with Crippen LogP contribution < -0.4 is 5.32 Å². The van der Waals surface area contributed by atoms with Gasteiger partial charge in [0.15, 0.2) is 0 Å². The third-order valence-corrected chi connectivity index (χ3v) is 3.41. The SMILES string of the molecule is CCN(C)C(=O)c1cccc(C(=O)NC(CCOC)C(=O)O)c1. The minimum absolute atomic E-state index is 0.161. The van der Waals surface area contributed by atoms with Crippen molar-refractivity contribution in [2.45, 2.75) is 19.4 Å². The van der Waals surface area contributed by atoms with Crippen molar-refractivity contribution in [3.63, 3.8) is 0 Å². The number of hydrogen-bond acceptors (Lipinski definition) is 4. The summed E-state index contributed by atoms with van der Waals surface area (Å²) in [5.41, 5.74) is 0.620. The van der Waals surface area contributed by atoms with Gasteiger partial charge < -0.3 is 20.1 Å². The third-order valence-electron chi connectivity index (χ3n) is 3.41. The Hall–Kier alpha value is -2.41. The standard InChI is InChI=1S/C16H22N2O5/c1-4-18(2)15(20)12-7-5-6-11(10-12)14(19)17-13(16(21)22)8-9-23-3/h5-7,10,13H,4,8-9H2,1-3H3,(H,17,19)(H,21,22). The van der Waals surface area contributed by atoms with Crippen LogP contribution in [0.1, 0.15) is 34.1 Å². The smallest absolute Gasteiger partial charge is 0.326 e. The van der Waals surface area contributed by atoms with E-state index in [1.807, 2.05) is 6.92 Å². The number of amides is 2. The molecule has 2 amide bonds. The fourth-order valence-corrected chi connectivity index (χ4v) is 1.89. The van der Waals surface area contributed by atoms with E-state index in [-0.39, 0.29) is 24.5 Å². The van der Waals surface area contributed by atoms with Crippen LogP contribution in [0.15, 0.2) is 24.3 Å². The Labute approximate surface area is 135 Å². The Morgan fingerprint density at radius 3 is 2.52 bits per heavy atom. The van der Waals surface area contributed by atoms with Gasteiger partial charge in [0.25, 0.3) is 11.8 Å². The lowest BCUT2D eigenvalue weighted by Crippen LogP contribution is -2.41. The van der Waals surface area contributed by atoms with Crippen LogP contribution in [0.2, 0.25) is 0 Å². The van der Waals surface area contributed by atoms with Crippen molar-refractivity contribution >= 4 is 17.8 Å². The summed E-state index contributed by atoms with van der Waals surface area (Å²) < 4.78 is 4.83. The molecule has 1 rings (SSSR count). The quantitative estimate of drug-likeness (QED) is 0.744. The van der Waals surface area contributed by atoms with Crippen molar-refractivity contribution in [2.75, 3.05) is 27.3 Å². The molecule has 1 atom stereocenters. The lowest BCUT2D eigenvalue weighted by molar-refractivity contribution is -0.139. The van der Waals surface area contributed by atoms with Gasteiger partial charge in [0.2, 0.25) is 0 Å². The van der Waals surface area contributed by atoms with E-state index in [2.05, 4.69) is 5.32 Å². The summed E-state index contributed by atoms with van der Waals surface area (Å²) in [7, 11) is 3.13. The molecular weight excluding hydrogens is 300 g/mol. The summed E-state index contributed by atoms with van der Waals surface area (Å²) >= 11 is 0. The Balaban J connectivity index is 2.87. The van der Waals surface area contributed by atoms with E-state index >= 15 is 0 Å². The molecule has 2 N–H and O–H groups in total. The second kappa shape index (κ2) is 8.89. The molecule has 7 nitrogen and oxygen atoms in total. The van der Waals surface area contributed by atoms with Crippen molar-refractivity contribution in [1.29, 1.82) is 0 Å². The Morgan fingerprint density at radius 2 is 1.96 bits per heavy atom. The highest BCUT2D eigenvalue weighted by Crippen LogP contribution is 2.09. The van der Waals surface area contributed by atoms with Crippen LogP contribution in [0.5, 0.6) is 0 Å². The number of ether oxygens (including phenoxy) is 1. The number of carboxylic acid groups (broad SMARTS) is 1.